The number of aromatic nitrogens is 3. The number of nitrogens with zero attached hydrogens (tertiary/aromatic N) is 3. The molecule has 0 amide bonds. The molecule has 2 aromatic heterocycles. The molecular formula is C21H22N4O. The molecule has 1 aliphatic heterocycles. The summed E-state index contributed by atoms with van der Waals surface area (Å²) in [5.74, 6) is 0.615. The van der Waals surface area contributed by atoms with E-state index in [9.17, 15) is 4.79 Å². The summed E-state index contributed by atoms with van der Waals surface area (Å²) in [6.45, 7) is 6.73. The highest BCUT2D eigenvalue weighted by Gasteiger charge is 2.21. The van der Waals surface area contributed by atoms with Gasteiger partial charge in [0.25, 0.3) is 5.56 Å². The first-order valence-corrected chi connectivity index (χ1v) is 8.91. The summed E-state index contributed by atoms with van der Waals surface area (Å²) in [6.07, 6.45) is 4.16. The van der Waals surface area contributed by atoms with Gasteiger partial charge in [-0.1, -0.05) is 23.8 Å². The fraction of sp³-hybridized carbons (Fsp3) is 0.286. The Hall–Kier alpha value is -2.79. The number of benzene rings is 1. The zero-order valence-corrected chi connectivity index (χ0v) is 15.1. The minimum atomic E-state index is -0.0202. The SMILES string of the molecule is Cc1ccc(C)c(CN2CCc3c(nc(-c4ccncc4)[nH]c3=O)C2)c1. The Morgan fingerprint density at radius 2 is 1.96 bits per heavy atom. The van der Waals surface area contributed by atoms with Crippen LogP contribution in [0.3, 0.4) is 0 Å². The van der Waals surface area contributed by atoms with E-state index in [0.717, 1.165) is 36.3 Å². The van der Waals surface area contributed by atoms with Gasteiger partial charge in [0, 0.05) is 43.2 Å². The van der Waals surface area contributed by atoms with Crippen LogP contribution in [-0.2, 0) is 19.5 Å². The second-order valence-electron chi connectivity index (χ2n) is 6.97. The van der Waals surface area contributed by atoms with Crippen LogP contribution >= 0.6 is 0 Å². The molecule has 0 spiro atoms. The molecule has 3 heterocycles. The minimum absolute atomic E-state index is 0.0202. The number of hydrogen-bond acceptors (Lipinski definition) is 4. The monoisotopic (exact) mass is 346 g/mol. The van der Waals surface area contributed by atoms with Gasteiger partial charge < -0.3 is 4.98 Å². The summed E-state index contributed by atoms with van der Waals surface area (Å²) >= 11 is 0. The molecule has 1 aliphatic rings. The van der Waals surface area contributed by atoms with Crippen LogP contribution < -0.4 is 5.56 Å². The van der Waals surface area contributed by atoms with Crippen LogP contribution in [-0.4, -0.2) is 26.4 Å². The lowest BCUT2D eigenvalue weighted by Gasteiger charge is -2.28. The van der Waals surface area contributed by atoms with Crippen LogP contribution in [0, 0.1) is 13.8 Å². The van der Waals surface area contributed by atoms with Gasteiger partial charge in [-0.3, -0.25) is 14.7 Å². The number of aromatic amines is 1. The largest absolute Gasteiger partial charge is 0.306 e. The van der Waals surface area contributed by atoms with Crippen LogP contribution in [0.15, 0.2) is 47.5 Å². The summed E-state index contributed by atoms with van der Waals surface area (Å²) in [5.41, 5.74) is 6.49. The lowest BCUT2D eigenvalue weighted by atomic mass is 10.0. The van der Waals surface area contributed by atoms with Crippen molar-refractivity contribution in [2.45, 2.75) is 33.4 Å². The van der Waals surface area contributed by atoms with Crippen LogP contribution in [0.5, 0.6) is 0 Å². The lowest BCUT2D eigenvalue weighted by molar-refractivity contribution is 0.240. The second kappa shape index (κ2) is 6.84. The smallest absolute Gasteiger partial charge is 0.254 e. The lowest BCUT2D eigenvalue weighted by Crippen LogP contribution is -2.35. The molecule has 5 nitrogen and oxygen atoms in total. The average Bonchev–Trinajstić information content (AvgIpc) is 2.65. The molecule has 3 aromatic rings. The minimum Gasteiger partial charge on any atom is -0.306 e. The predicted molar refractivity (Wildman–Crippen MR) is 102 cm³/mol. The first-order valence-electron chi connectivity index (χ1n) is 8.91. The Bertz CT molecular complexity index is 995. The van der Waals surface area contributed by atoms with Gasteiger partial charge >= 0.3 is 0 Å². The Morgan fingerprint density at radius 1 is 1.15 bits per heavy atom. The number of pyridine rings is 1. The third-order valence-corrected chi connectivity index (χ3v) is 5.00. The first kappa shape index (κ1) is 16.7. The fourth-order valence-electron chi connectivity index (χ4n) is 3.49. The Labute approximate surface area is 152 Å². The van der Waals surface area contributed by atoms with E-state index < -0.39 is 0 Å². The van der Waals surface area contributed by atoms with Crippen molar-refractivity contribution in [1.82, 2.24) is 19.9 Å². The Balaban J connectivity index is 1.62. The van der Waals surface area contributed by atoms with E-state index in [2.05, 4.69) is 46.9 Å². The predicted octanol–water partition coefficient (Wildman–Crippen LogP) is 3.01. The number of H-pyrrole nitrogens is 1. The van der Waals surface area contributed by atoms with Crippen molar-refractivity contribution in [3.63, 3.8) is 0 Å². The number of aryl methyl sites for hydroxylation is 2. The van der Waals surface area contributed by atoms with Gasteiger partial charge in [-0.15, -0.1) is 0 Å². The van der Waals surface area contributed by atoms with Gasteiger partial charge in [-0.2, -0.15) is 0 Å². The van der Waals surface area contributed by atoms with E-state index in [1.54, 1.807) is 12.4 Å². The van der Waals surface area contributed by atoms with Crippen molar-refractivity contribution in [2.75, 3.05) is 6.54 Å². The number of nitrogens with one attached hydrogen (secondary N) is 1. The van der Waals surface area contributed by atoms with Crippen molar-refractivity contribution < 1.29 is 0 Å². The van der Waals surface area contributed by atoms with Crippen LogP contribution in [0.25, 0.3) is 11.4 Å². The molecule has 0 unspecified atom stereocenters. The number of fused-ring (bicyclic) bond motifs is 1. The maximum Gasteiger partial charge on any atom is 0.254 e. The normalized spacial score (nSPS) is 14.2. The summed E-state index contributed by atoms with van der Waals surface area (Å²) in [4.78, 5) is 26.6. The summed E-state index contributed by atoms with van der Waals surface area (Å²) < 4.78 is 0. The molecule has 1 N–H and O–H groups in total. The molecule has 0 saturated carbocycles. The molecule has 1 aromatic carbocycles. The van der Waals surface area contributed by atoms with Gasteiger partial charge in [0.05, 0.1) is 5.69 Å². The molecule has 132 valence electrons. The standard InChI is InChI=1S/C21H22N4O/c1-14-3-4-15(2)17(11-14)12-25-10-7-18-19(13-25)23-20(24-21(18)26)16-5-8-22-9-6-16/h3-6,8-9,11H,7,10,12-13H2,1-2H3,(H,23,24,26). The fourth-order valence-corrected chi connectivity index (χ4v) is 3.49. The van der Waals surface area contributed by atoms with Gasteiger partial charge in [-0.05, 0) is 43.5 Å². The van der Waals surface area contributed by atoms with Crippen molar-refractivity contribution >= 4 is 0 Å². The second-order valence-corrected chi connectivity index (χ2v) is 6.97. The highest BCUT2D eigenvalue weighted by Crippen LogP contribution is 2.21. The quantitative estimate of drug-likeness (QED) is 0.792. The van der Waals surface area contributed by atoms with E-state index in [-0.39, 0.29) is 5.56 Å². The molecular weight excluding hydrogens is 324 g/mol. The van der Waals surface area contributed by atoms with Gasteiger partial charge in [0.2, 0.25) is 0 Å². The van der Waals surface area contributed by atoms with Crippen molar-refractivity contribution in [1.29, 1.82) is 0 Å². The summed E-state index contributed by atoms with van der Waals surface area (Å²) in [7, 11) is 0. The molecule has 4 rings (SSSR count). The number of rotatable bonds is 3. The molecule has 0 fully saturated rings. The Morgan fingerprint density at radius 3 is 2.77 bits per heavy atom. The zero-order valence-electron chi connectivity index (χ0n) is 15.1. The van der Waals surface area contributed by atoms with Crippen molar-refractivity contribution in [2.24, 2.45) is 0 Å². The van der Waals surface area contributed by atoms with Crippen LogP contribution in [0.2, 0.25) is 0 Å². The molecule has 0 atom stereocenters. The highest BCUT2D eigenvalue weighted by atomic mass is 16.1. The summed E-state index contributed by atoms with van der Waals surface area (Å²) in [6, 6.07) is 10.3. The van der Waals surface area contributed by atoms with E-state index in [0.29, 0.717) is 12.4 Å². The first-order chi connectivity index (χ1) is 12.6. The zero-order chi connectivity index (χ0) is 18.1. The van der Waals surface area contributed by atoms with Crippen LogP contribution in [0.4, 0.5) is 0 Å². The van der Waals surface area contributed by atoms with Gasteiger partial charge in [0.15, 0.2) is 0 Å². The highest BCUT2D eigenvalue weighted by molar-refractivity contribution is 5.54. The van der Waals surface area contributed by atoms with E-state index in [4.69, 9.17) is 4.98 Å². The van der Waals surface area contributed by atoms with E-state index >= 15 is 0 Å². The molecule has 0 saturated heterocycles. The number of hydrogen-bond donors (Lipinski definition) is 1. The van der Waals surface area contributed by atoms with Crippen molar-refractivity contribution in [3.05, 3.63) is 81.0 Å². The van der Waals surface area contributed by atoms with Crippen molar-refractivity contribution in [3.8, 4) is 11.4 Å². The molecule has 26 heavy (non-hydrogen) atoms. The van der Waals surface area contributed by atoms with Gasteiger partial charge in [0.1, 0.15) is 5.82 Å². The molecule has 0 aliphatic carbocycles. The topological polar surface area (TPSA) is 61.9 Å². The third kappa shape index (κ3) is 3.30. The van der Waals surface area contributed by atoms with Crippen LogP contribution in [0.1, 0.15) is 27.9 Å². The third-order valence-electron chi connectivity index (χ3n) is 5.00. The van der Waals surface area contributed by atoms with E-state index in [1.165, 1.54) is 16.7 Å². The molecule has 0 radical (unpaired) electrons. The van der Waals surface area contributed by atoms with Gasteiger partial charge in [-0.25, -0.2) is 4.98 Å². The Kier molecular flexibility index (Phi) is 4.39. The summed E-state index contributed by atoms with van der Waals surface area (Å²) in [5, 5.41) is 0. The molecule has 5 heteroatoms. The molecule has 0 bridgehead atoms. The maximum atomic E-state index is 12.5. The van der Waals surface area contributed by atoms with E-state index in [1.807, 2.05) is 12.1 Å². The average molecular weight is 346 g/mol. The maximum absolute atomic E-state index is 12.5.